The molecular weight excluding hydrogens is 485 g/mol. The molecule has 2 unspecified atom stereocenters. The Balaban J connectivity index is 3.60. The van der Waals surface area contributed by atoms with Gasteiger partial charge >= 0.3 is 13.8 Å². The molecule has 0 aromatic carbocycles. The molecule has 0 saturated carbocycles. The molecule has 0 aliphatic carbocycles. The summed E-state index contributed by atoms with van der Waals surface area (Å²) in [6.45, 7) is 2.83. The maximum atomic E-state index is 11.8. The molecule has 0 aliphatic rings. The highest BCUT2D eigenvalue weighted by atomic mass is 31.2. The number of ether oxygens (including phenoxy) is 1. The molecule has 0 saturated heterocycles. The molecule has 0 aromatic rings. The molecule has 0 radical (unpaired) electrons. The van der Waals surface area contributed by atoms with Crippen LogP contribution >= 0.6 is 7.82 Å². The molecule has 10 heteroatoms. The van der Waals surface area contributed by atoms with E-state index in [2.05, 4.69) is 41.1 Å². The average molecular weight is 534 g/mol. The van der Waals surface area contributed by atoms with Gasteiger partial charge in [0.05, 0.1) is 13.2 Å². The number of allylic oxidation sites excluding steroid dienone is 4. The zero-order valence-corrected chi connectivity index (χ0v) is 23.1. The minimum atomic E-state index is -4.37. The van der Waals surface area contributed by atoms with Gasteiger partial charge in [0, 0.05) is 19.4 Å². The molecule has 36 heavy (non-hydrogen) atoms. The van der Waals surface area contributed by atoms with Crippen LogP contribution in [-0.4, -0.2) is 54.3 Å². The first-order valence-electron chi connectivity index (χ1n) is 13.3. The highest BCUT2D eigenvalue weighted by Crippen LogP contribution is 2.42. The van der Waals surface area contributed by atoms with Crippen molar-refractivity contribution in [1.29, 1.82) is 0 Å². The van der Waals surface area contributed by atoms with Crippen LogP contribution in [0.1, 0.15) is 97.3 Å². The van der Waals surface area contributed by atoms with E-state index in [1.54, 1.807) is 6.92 Å². The first-order chi connectivity index (χ1) is 17.3. The fraction of sp³-hybridized carbons (Fsp3) is 0.769. The maximum Gasteiger partial charge on any atom is 0.472 e. The van der Waals surface area contributed by atoms with Crippen molar-refractivity contribution >= 4 is 19.7 Å². The minimum absolute atomic E-state index is 0.0731. The van der Waals surface area contributed by atoms with Crippen LogP contribution in [-0.2, 0) is 27.9 Å². The molecule has 0 aliphatic heterocycles. The number of phosphoric acid groups is 1. The van der Waals surface area contributed by atoms with Gasteiger partial charge in [-0.2, -0.15) is 0 Å². The topological polar surface area (TPSA) is 131 Å². The summed E-state index contributed by atoms with van der Waals surface area (Å²) in [6, 6.07) is 0. The van der Waals surface area contributed by atoms with Gasteiger partial charge in [0.25, 0.3) is 0 Å². The van der Waals surface area contributed by atoms with Crippen molar-refractivity contribution in [3.63, 3.8) is 0 Å². The second kappa shape index (κ2) is 23.9. The monoisotopic (exact) mass is 533 g/mol. The van der Waals surface area contributed by atoms with E-state index in [1.807, 2.05) is 0 Å². The third-order valence-electron chi connectivity index (χ3n) is 5.19. The normalized spacial score (nSPS) is 14.2. The van der Waals surface area contributed by atoms with E-state index >= 15 is 0 Å². The molecule has 0 fully saturated rings. The van der Waals surface area contributed by atoms with E-state index in [9.17, 15) is 24.2 Å². The van der Waals surface area contributed by atoms with Gasteiger partial charge in [-0.05, 0) is 38.5 Å². The summed E-state index contributed by atoms with van der Waals surface area (Å²) in [4.78, 5) is 32.4. The number of hydrogen-bond acceptors (Lipinski definition) is 7. The van der Waals surface area contributed by atoms with E-state index in [0.717, 1.165) is 44.9 Å². The van der Waals surface area contributed by atoms with Crippen LogP contribution in [0.2, 0.25) is 0 Å². The number of unbranched alkanes of at least 4 members (excludes halogenated alkanes) is 8. The molecule has 210 valence electrons. The molecule has 2 atom stereocenters. The number of aliphatic hydroxyl groups is 1. The summed E-state index contributed by atoms with van der Waals surface area (Å²) in [5, 5.41) is 12.2. The Morgan fingerprint density at radius 2 is 1.53 bits per heavy atom. The molecule has 9 nitrogen and oxygen atoms in total. The summed E-state index contributed by atoms with van der Waals surface area (Å²) in [5.74, 6) is -0.626. The zero-order chi connectivity index (χ0) is 26.9. The Morgan fingerprint density at radius 3 is 2.19 bits per heavy atom. The summed E-state index contributed by atoms with van der Waals surface area (Å²) in [7, 11) is -4.37. The van der Waals surface area contributed by atoms with Gasteiger partial charge in [0.2, 0.25) is 5.91 Å². The predicted molar refractivity (Wildman–Crippen MR) is 141 cm³/mol. The van der Waals surface area contributed by atoms with E-state index < -0.39 is 26.5 Å². The Labute approximate surface area is 217 Å². The van der Waals surface area contributed by atoms with Gasteiger partial charge in [-0.15, -0.1) is 0 Å². The largest absolute Gasteiger partial charge is 0.472 e. The van der Waals surface area contributed by atoms with Crippen molar-refractivity contribution in [1.82, 2.24) is 5.32 Å². The standard InChI is InChI=1S/C26H48NO8P/c1-3-5-6-7-8-9-10-11-12-13-14-15-16-17-18-19-25(29)27-20-21-34-36(31,32)35-23-24(28)22-33-26(30)4-2/h8-9,11-12,24,28H,3-7,10,13-23H2,1-2H3,(H,27,29)(H,31,32)/b9-8-,12-11-. The number of amides is 1. The molecule has 0 spiro atoms. The number of carbonyl (C=O) groups is 2. The SMILES string of the molecule is CCCCC/C=C\C/C=C\CCCCCCCC(=O)NCCOP(=O)(O)OCC(O)COC(=O)CC. The number of phosphoric ester groups is 1. The van der Waals surface area contributed by atoms with Crippen LogP contribution in [0.4, 0.5) is 0 Å². The fourth-order valence-corrected chi connectivity index (χ4v) is 3.85. The number of hydrogen-bond donors (Lipinski definition) is 3. The molecule has 3 N–H and O–H groups in total. The van der Waals surface area contributed by atoms with Crippen molar-refractivity contribution in [3.8, 4) is 0 Å². The Bertz CT molecular complexity index is 668. The first kappa shape index (κ1) is 34.5. The highest BCUT2D eigenvalue weighted by Gasteiger charge is 2.23. The number of aliphatic hydroxyl groups excluding tert-OH is 1. The summed E-state index contributed by atoms with van der Waals surface area (Å²) in [6.07, 6.45) is 20.6. The van der Waals surface area contributed by atoms with E-state index in [1.165, 1.54) is 25.7 Å². The van der Waals surface area contributed by atoms with Crippen LogP contribution in [0.25, 0.3) is 0 Å². The predicted octanol–water partition coefficient (Wildman–Crippen LogP) is 5.36. The van der Waals surface area contributed by atoms with Crippen molar-refractivity contribution in [2.24, 2.45) is 0 Å². The van der Waals surface area contributed by atoms with Gasteiger partial charge in [-0.1, -0.05) is 70.3 Å². The van der Waals surface area contributed by atoms with Crippen LogP contribution in [0.5, 0.6) is 0 Å². The van der Waals surface area contributed by atoms with E-state index in [4.69, 9.17) is 9.26 Å². The number of rotatable bonds is 24. The summed E-state index contributed by atoms with van der Waals surface area (Å²) >= 11 is 0. The quantitative estimate of drug-likeness (QED) is 0.0654. The lowest BCUT2D eigenvalue weighted by Gasteiger charge is -2.15. The van der Waals surface area contributed by atoms with Crippen molar-refractivity contribution < 1.29 is 37.9 Å². The zero-order valence-electron chi connectivity index (χ0n) is 22.2. The lowest BCUT2D eigenvalue weighted by Crippen LogP contribution is -2.27. The number of carbonyl (C=O) groups excluding carboxylic acids is 2. The van der Waals surface area contributed by atoms with Crippen LogP contribution in [0.15, 0.2) is 24.3 Å². The molecule has 0 bridgehead atoms. The average Bonchev–Trinajstić information content (AvgIpc) is 2.86. The third kappa shape index (κ3) is 24.2. The highest BCUT2D eigenvalue weighted by molar-refractivity contribution is 7.47. The van der Waals surface area contributed by atoms with Crippen molar-refractivity contribution in [3.05, 3.63) is 24.3 Å². The van der Waals surface area contributed by atoms with Crippen LogP contribution in [0, 0.1) is 0 Å². The maximum absolute atomic E-state index is 11.8. The molecule has 0 aromatic heterocycles. The van der Waals surface area contributed by atoms with E-state index in [0.29, 0.717) is 6.42 Å². The Kier molecular flexibility index (Phi) is 22.9. The number of nitrogens with one attached hydrogen (secondary N) is 1. The second-order valence-corrected chi connectivity index (χ2v) is 10.1. The second-order valence-electron chi connectivity index (χ2n) is 8.62. The van der Waals surface area contributed by atoms with Gasteiger partial charge in [0.15, 0.2) is 0 Å². The van der Waals surface area contributed by atoms with Crippen LogP contribution < -0.4 is 5.32 Å². The third-order valence-corrected chi connectivity index (χ3v) is 6.17. The molecule has 0 rings (SSSR count). The number of esters is 1. The molecule has 0 heterocycles. The minimum Gasteiger partial charge on any atom is -0.463 e. The van der Waals surface area contributed by atoms with Crippen molar-refractivity contribution in [2.45, 2.75) is 103 Å². The van der Waals surface area contributed by atoms with Gasteiger partial charge < -0.3 is 20.1 Å². The lowest BCUT2D eigenvalue weighted by atomic mass is 10.1. The van der Waals surface area contributed by atoms with Gasteiger partial charge in [-0.3, -0.25) is 18.6 Å². The lowest BCUT2D eigenvalue weighted by molar-refractivity contribution is -0.146. The van der Waals surface area contributed by atoms with Crippen LogP contribution in [0.3, 0.4) is 0 Å². The van der Waals surface area contributed by atoms with Gasteiger partial charge in [0.1, 0.15) is 12.7 Å². The first-order valence-corrected chi connectivity index (χ1v) is 14.8. The smallest absolute Gasteiger partial charge is 0.463 e. The summed E-state index contributed by atoms with van der Waals surface area (Å²) < 4.78 is 25.9. The molecular formula is C26H48NO8P. The van der Waals surface area contributed by atoms with Gasteiger partial charge in [-0.25, -0.2) is 4.57 Å². The Morgan fingerprint density at radius 1 is 0.889 bits per heavy atom. The molecule has 1 amide bonds. The van der Waals surface area contributed by atoms with E-state index in [-0.39, 0.29) is 32.1 Å². The fourth-order valence-electron chi connectivity index (χ4n) is 3.09. The Hall–Kier alpha value is -1.51. The summed E-state index contributed by atoms with van der Waals surface area (Å²) in [5.41, 5.74) is 0. The van der Waals surface area contributed by atoms with Crippen molar-refractivity contribution in [2.75, 3.05) is 26.4 Å².